The third-order valence-corrected chi connectivity index (χ3v) is 3.69. The molecule has 1 amide bonds. The third kappa shape index (κ3) is 3.44. The molecule has 0 heterocycles. The second-order valence-electron chi connectivity index (χ2n) is 4.50. The van der Waals surface area contributed by atoms with Crippen LogP contribution in [-0.4, -0.2) is 5.91 Å². The first-order valence-corrected chi connectivity index (χ1v) is 6.81. The normalized spacial score (nSPS) is 10.3. The average Bonchev–Trinajstić information content (AvgIpc) is 2.42. The number of nitrogens with two attached hydrogens (primary N) is 1. The number of rotatable bonds is 4. The van der Waals surface area contributed by atoms with Crippen molar-refractivity contribution in [2.75, 3.05) is 5.32 Å². The molecule has 0 aliphatic carbocycles. The van der Waals surface area contributed by atoms with Crippen molar-refractivity contribution in [3.05, 3.63) is 63.1 Å². The molecule has 2 aromatic rings. The Bertz CT molecular complexity index is 639. The zero-order valence-electron chi connectivity index (χ0n) is 10.9. The molecule has 104 valence electrons. The standard InChI is InChI=1S/C15H14Cl2N2O/c1-9-6-13(17)14(7-12(9)16)19-8-10-2-4-11(5-3-10)15(18)20/h2-7,19H,8H2,1H3,(H2,18,20). The maximum atomic E-state index is 11.0. The average molecular weight is 309 g/mol. The highest BCUT2D eigenvalue weighted by Gasteiger charge is 2.05. The van der Waals surface area contributed by atoms with Crippen molar-refractivity contribution in [1.29, 1.82) is 0 Å². The Morgan fingerprint density at radius 1 is 1.15 bits per heavy atom. The van der Waals surface area contributed by atoms with Crippen molar-refractivity contribution < 1.29 is 4.79 Å². The molecule has 0 unspecified atom stereocenters. The first-order valence-electron chi connectivity index (χ1n) is 6.05. The molecule has 2 aromatic carbocycles. The number of benzene rings is 2. The molecular formula is C15H14Cl2N2O. The van der Waals surface area contributed by atoms with Crippen LogP contribution in [0.15, 0.2) is 36.4 Å². The summed E-state index contributed by atoms with van der Waals surface area (Å²) in [6.07, 6.45) is 0. The second kappa shape index (κ2) is 6.16. The predicted octanol–water partition coefficient (Wildman–Crippen LogP) is 4.01. The van der Waals surface area contributed by atoms with Crippen LogP contribution in [0, 0.1) is 6.92 Å². The van der Waals surface area contributed by atoms with Crippen molar-refractivity contribution in [3.8, 4) is 0 Å². The summed E-state index contributed by atoms with van der Waals surface area (Å²) in [5, 5.41) is 4.51. The van der Waals surface area contributed by atoms with Crippen LogP contribution < -0.4 is 11.1 Å². The number of halogens is 2. The van der Waals surface area contributed by atoms with Crippen LogP contribution in [0.1, 0.15) is 21.5 Å². The monoisotopic (exact) mass is 308 g/mol. The van der Waals surface area contributed by atoms with Crippen molar-refractivity contribution in [1.82, 2.24) is 0 Å². The molecule has 2 rings (SSSR count). The van der Waals surface area contributed by atoms with Crippen molar-refractivity contribution in [2.45, 2.75) is 13.5 Å². The van der Waals surface area contributed by atoms with Gasteiger partial charge in [0.25, 0.3) is 0 Å². The molecule has 0 saturated heterocycles. The van der Waals surface area contributed by atoms with Crippen molar-refractivity contribution in [3.63, 3.8) is 0 Å². The lowest BCUT2D eigenvalue weighted by Crippen LogP contribution is -2.10. The van der Waals surface area contributed by atoms with E-state index in [0.29, 0.717) is 22.2 Å². The summed E-state index contributed by atoms with van der Waals surface area (Å²) in [5.74, 6) is -0.433. The van der Waals surface area contributed by atoms with Crippen LogP contribution >= 0.6 is 23.2 Å². The van der Waals surface area contributed by atoms with Gasteiger partial charge in [0.05, 0.1) is 10.7 Å². The number of aryl methyl sites for hydroxylation is 1. The largest absolute Gasteiger partial charge is 0.380 e. The van der Waals surface area contributed by atoms with Gasteiger partial charge in [0.15, 0.2) is 0 Å². The molecule has 20 heavy (non-hydrogen) atoms. The van der Waals surface area contributed by atoms with Gasteiger partial charge < -0.3 is 11.1 Å². The van der Waals surface area contributed by atoms with Gasteiger partial charge in [-0.3, -0.25) is 4.79 Å². The van der Waals surface area contributed by atoms with E-state index in [4.69, 9.17) is 28.9 Å². The topological polar surface area (TPSA) is 55.1 Å². The highest BCUT2D eigenvalue weighted by molar-refractivity contribution is 6.35. The van der Waals surface area contributed by atoms with Gasteiger partial charge in [-0.2, -0.15) is 0 Å². The zero-order chi connectivity index (χ0) is 14.7. The van der Waals surface area contributed by atoms with Crippen LogP contribution in [0.5, 0.6) is 0 Å². The fourth-order valence-corrected chi connectivity index (χ4v) is 2.21. The van der Waals surface area contributed by atoms with E-state index in [1.165, 1.54) is 0 Å². The van der Waals surface area contributed by atoms with Gasteiger partial charge in [-0.25, -0.2) is 0 Å². The number of carbonyl (C=O) groups is 1. The molecule has 0 aromatic heterocycles. The number of amides is 1. The van der Waals surface area contributed by atoms with Gasteiger partial charge in [-0.05, 0) is 42.3 Å². The summed E-state index contributed by atoms with van der Waals surface area (Å²) in [6, 6.07) is 10.7. The van der Waals surface area contributed by atoms with E-state index >= 15 is 0 Å². The van der Waals surface area contributed by atoms with E-state index in [-0.39, 0.29) is 0 Å². The fourth-order valence-electron chi connectivity index (χ4n) is 1.77. The summed E-state index contributed by atoms with van der Waals surface area (Å²) >= 11 is 12.2. The third-order valence-electron chi connectivity index (χ3n) is 2.97. The van der Waals surface area contributed by atoms with Gasteiger partial charge in [0.1, 0.15) is 0 Å². The predicted molar refractivity (Wildman–Crippen MR) is 83.5 cm³/mol. The maximum absolute atomic E-state index is 11.0. The molecule has 3 N–H and O–H groups in total. The van der Waals surface area contributed by atoms with E-state index in [1.807, 2.05) is 25.1 Å². The Morgan fingerprint density at radius 2 is 1.80 bits per heavy atom. The van der Waals surface area contributed by atoms with Gasteiger partial charge in [-0.1, -0.05) is 35.3 Å². The van der Waals surface area contributed by atoms with E-state index < -0.39 is 5.91 Å². The minimum Gasteiger partial charge on any atom is -0.380 e. The number of nitrogens with one attached hydrogen (secondary N) is 1. The van der Waals surface area contributed by atoms with Crippen LogP contribution in [0.3, 0.4) is 0 Å². The van der Waals surface area contributed by atoms with Crippen LogP contribution in [0.2, 0.25) is 10.0 Å². The van der Waals surface area contributed by atoms with Crippen molar-refractivity contribution >= 4 is 34.8 Å². The Morgan fingerprint density at radius 3 is 2.40 bits per heavy atom. The second-order valence-corrected chi connectivity index (χ2v) is 5.31. The summed E-state index contributed by atoms with van der Waals surface area (Å²) in [4.78, 5) is 11.0. The minimum absolute atomic E-state index is 0.433. The summed E-state index contributed by atoms with van der Waals surface area (Å²) in [5.41, 5.74) is 8.42. The molecule has 3 nitrogen and oxygen atoms in total. The number of carbonyl (C=O) groups excluding carboxylic acids is 1. The maximum Gasteiger partial charge on any atom is 0.248 e. The molecule has 0 saturated carbocycles. The highest BCUT2D eigenvalue weighted by atomic mass is 35.5. The van der Waals surface area contributed by atoms with Crippen LogP contribution in [0.4, 0.5) is 5.69 Å². The Kier molecular flexibility index (Phi) is 4.53. The van der Waals surface area contributed by atoms with Gasteiger partial charge in [-0.15, -0.1) is 0 Å². The van der Waals surface area contributed by atoms with Gasteiger partial charge in [0, 0.05) is 17.1 Å². The van der Waals surface area contributed by atoms with Crippen LogP contribution in [-0.2, 0) is 6.54 Å². The lowest BCUT2D eigenvalue weighted by atomic mass is 10.1. The molecule has 0 atom stereocenters. The van der Waals surface area contributed by atoms with Gasteiger partial charge in [0.2, 0.25) is 5.91 Å². The molecule has 0 radical (unpaired) electrons. The number of primary amides is 1. The van der Waals surface area contributed by atoms with E-state index in [9.17, 15) is 4.79 Å². The lowest BCUT2D eigenvalue weighted by molar-refractivity contribution is 0.100. The van der Waals surface area contributed by atoms with E-state index in [2.05, 4.69) is 5.32 Å². The highest BCUT2D eigenvalue weighted by Crippen LogP contribution is 2.29. The summed E-state index contributed by atoms with van der Waals surface area (Å²) < 4.78 is 0. The Labute approximate surface area is 127 Å². The number of hydrogen-bond donors (Lipinski definition) is 2. The summed E-state index contributed by atoms with van der Waals surface area (Å²) in [6.45, 7) is 2.48. The SMILES string of the molecule is Cc1cc(Cl)c(NCc2ccc(C(N)=O)cc2)cc1Cl. The lowest BCUT2D eigenvalue weighted by Gasteiger charge is -2.10. The molecule has 0 aliphatic heterocycles. The van der Waals surface area contributed by atoms with Crippen molar-refractivity contribution in [2.24, 2.45) is 5.73 Å². The number of anilines is 1. The molecule has 0 bridgehead atoms. The summed E-state index contributed by atoms with van der Waals surface area (Å²) in [7, 11) is 0. The first-order chi connectivity index (χ1) is 9.47. The Hall–Kier alpha value is -1.71. The molecule has 0 spiro atoms. The molecule has 0 aliphatic rings. The molecular weight excluding hydrogens is 295 g/mol. The first kappa shape index (κ1) is 14.7. The quantitative estimate of drug-likeness (QED) is 0.896. The number of hydrogen-bond acceptors (Lipinski definition) is 2. The fraction of sp³-hybridized carbons (Fsp3) is 0.133. The van der Waals surface area contributed by atoms with E-state index in [0.717, 1.165) is 16.8 Å². The van der Waals surface area contributed by atoms with Crippen LogP contribution in [0.25, 0.3) is 0 Å². The molecule has 5 heteroatoms. The smallest absolute Gasteiger partial charge is 0.248 e. The Balaban J connectivity index is 2.09. The zero-order valence-corrected chi connectivity index (χ0v) is 12.4. The van der Waals surface area contributed by atoms with E-state index in [1.54, 1.807) is 18.2 Å². The van der Waals surface area contributed by atoms with Gasteiger partial charge >= 0.3 is 0 Å². The molecule has 0 fully saturated rings. The minimum atomic E-state index is -0.433.